The second kappa shape index (κ2) is 6.93. The first-order valence-electron chi connectivity index (χ1n) is 7.21. The Morgan fingerprint density at radius 3 is 2.62 bits per heavy atom. The maximum atomic E-state index is 12.3. The number of benzene rings is 2. The highest BCUT2D eigenvalue weighted by atomic mass is 16.5. The first-order chi connectivity index (χ1) is 10.1. The molecule has 0 aliphatic rings. The van der Waals surface area contributed by atoms with E-state index in [0.717, 1.165) is 23.4 Å². The minimum atomic E-state index is -0.125. The van der Waals surface area contributed by atoms with Crippen molar-refractivity contribution in [2.24, 2.45) is 0 Å². The van der Waals surface area contributed by atoms with Crippen molar-refractivity contribution in [1.82, 2.24) is 0 Å². The molecule has 0 aromatic heterocycles. The number of amides is 1. The van der Waals surface area contributed by atoms with E-state index in [4.69, 9.17) is 4.74 Å². The number of nitrogens with one attached hydrogen (secondary N) is 1. The summed E-state index contributed by atoms with van der Waals surface area (Å²) in [5.41, 5.74) is 3.78. The zero-order valence-corrected chi connectivity index (χ0v) is 12.8. The Hall–Kier alpha value is -2.29. The lowest BCUT2D eigenvalue weighted by molar-refractivity contribution is 0.102. The van der Waals surface area contributed by atoms with Crippen LogP contribution in [-0.2, 0) is 0 Å². The third-order valence-corrected chi connectivity index (χ3v) is 3.33. The molecule has 0 saturated heterocycles. The van der Waals surface area contributed by atoms with Gasteiger partial charge >= 0.3 is 0 Å². The molecule has 0 spiro atoms. The first kappa shape index (κ1) is 15.1. The number of ether oxygens (including phenoxy) is 1. The van der Waals surface area contributed by atoms with Gasteiger partial charge in [0.25, 0.3) is 5.91 Å². The predicted octanol–water partition coefficient (Wildman–Crippen LogP) is 4.34. The maximum absolute atomic E-state index is 12.3. The fourth-order valence-electron chi connectivity index (χ4n) is 1.97. The lowest BCUT2D eigenvalue weighted by Gasteiger charge is -2.09. The summed E-state index contributed by atoms with van der Waals surface area (Å²) in [5.74, 6) is 0.602. The second-order valence-electron chi connectivity index (χ2n) is 5.13. The van der Waals surface area contributed by atoms with Crippen LogP contribution in [0.2, 0.25) is 0 Å². The van der Waals surface area contributed by atoms with E-state index >= 15 is 0 Å². The lowest BCUT2D eigenvalue weighted by Crippen LogP contribution is -2.12. The minimum Gasteiger partial charge on any atom is -0.494 e. The van der Waals surface area contributed by atoms with Gasteiger partial charge in [0.15, 0.2) is 0 Å². The van der Waals surface area contributed by atoms with Crippen molar-refractivity contribution < 1.29 is 9.53 Å². The molecule has 0 atom stereocenters. The molecule has 2 aromatic rings. The number of carbonyl (C=O) groups excluding carboxylic acids is 1. The summed E-state index contributed by atoms with van der Waals surface area (Å²) in [7, 11) is 0. The average molecular weight is 283 g/mol. The van der Waals surface area contributed by atoms with Crippen LogP contribution in [0.3, 0.4) is 0 Å². The van der Waals surface area contributed by atoms with E-state index in [9.17, 15) is 4.79 Å². The molecule has 1 amide bonds. The molecule has 3 nitrogen and oxygen atoms in total. The van der Waals surface area contributed by atoms with E-state index in [1.807, 2.05) is 37.3 Å². The van der Waals surface area contributed by atoms with Crippen LogP contribution >= 0.6 is 0 Å². The zero-order valence-electron chi connectivity index (χ0n) is 12.8. The van der Waals surface area contributed by atoms with Gasteiger partial charge in [-0.3, -0.25) is 4.79 Å². The third-order valence-electron chi connectivity index (χ3n) is 3.33. The van der Waals surface area contributed by atoms with Crippen molar-refractivity contribution in [1.29, 1.82) is 0 Å². The summed E-state index contributed by atoms with van der Waals surface area (Å²) >= 11 is 0. The van der Waals surface area contributed by atoms with Crippen molar-refractivity contribution in [3.8, 4) is 5.75 Å². The molecule has 0 bridgehead atoms. The Morgan fingerprint density at radius 1 is 1.10 bits per heavy atom. The fourth-order valence-corrected chi connectivity index (χ4v) is 1.97. The van der Waals surface area contributed by atoms with Crippen LogP contribution in [-0.4, -0.2) is 12.5 Å². The summed E-state index contributed by atoms with van der Waals surface area (Å²) in [6.45, 7) is 6.79. The maximum Gasteiger partial charge on any atom is 0.255 e. The van der Waals surface area contributed by atoms with Gasteiger partial charge in [0, 0.05) is 11.3 Å². The molecule has 110 valence electrons. The normalized spacial score (nSPS) is 10.2. The summed E-state index contributed by atoms with van der Waals surface area (Å²) in [5, 5.41) is 2.92. The van der Waals surface area contributed by atoms with Gasteiger partial charge in [0.2, 0.25) is 0 Å². The summed E-state index contributed by atoms with van der Waals surface area (Å²) < 4.78 is 5.55. The molecule has 0 aliphatic carbocycles. The zero-order chi connectivity index (χ0) is 15.2. The molecule has 21 heavy (non-hydrogen) atoms. The molecule has 1 N–H and O–H groups in total. The van der Waals surface area contributed by atoms with Crippen molar-refractivity contribution >= 4 is 11.6 Å². The topological polar surface area (TPSA) is 38.3 Å². The molecule has 0 unspecified atom stereocenters. The third kappa shape index (κ3) is 4.09. The predicted molar refractivity (Wildman–Crippen MR) is 86.1 cm³/mol. The second-order valence-corrected chi connectivity index (χ2v) is 5.13. The standard InChI is InChI=1S/C18H21NO2/c1-4-10-21-17-7-5-6-15(12-17)18(20)19-16-9-8-13(2)14(3)11-16/h5-9,11-12H,4,10H2,1-3H3,(H,19,20). The van der Waals surface area contributed by atoms with Crippen LogP contribution in [0.5, 0.6) is 5.75 Å². The number of rotatable bonds is 5. The van der Waals surface area contributed by atoms with Crippen molar-refractivity contribution in [3.63, 3.8) is 0 Å². The van der Waals surface area contributed by atoms with E-state index < -0.39 is 0 Å². The number of carbonyl (C=O) groups is 1. The van der Waals surface area contributed by atoms with Crippen LogP contribution in [0.15, 0.2) is 42.5 Å². The minimum absolute atomic E-state index is 0.125. The number of anilines is 1. The van der Waals surface area contributed by atoms with Gasteiger partial charge in [0.05, 0.1) is 6.61 Å². The largest absolute Gasteiger partial charge is 0.494 e. The molecular weight excluding hydrogens is 262 g/mol. The van der Waals surface area contributed by atoms with Gasteiger partial charge < -0.3 is 10.1 Å². The van der Waals surface area contributed by atoms with E-state index in [1.54, 1.807) is 12.1 Å². The van der Waals surface area contributed by atoms with Crippen molar-refractivity contribution in [2.45, 2.75) is 27.2 Å². The first-order valence-corrected chi connectivity index (χ1v) is 7.21. The Kier molecular flexibility index (Phi) is 4.99. The van der Waals surface area contributed by atoms with Gasteiger partial charge in [-0.25, -0.2) is 0 Å². The van der Waals surface area contributed by atoms with Crippen LogP contribution < -0.4 is 10.1 Å². The number of hydrogen-bond donors (Lipinski definition) is 1. The highest BCUT2D eigenvalue weighted by Crippen LogP contribution is 2.17. The quantitative estimate of drug-likeness (QED) is 0.886. The molecule has 0 aliphatic heterocycles. The Balaban J connectivity index is 2.10. The van der Waals surface area contributed by atoms with Gasteiger partial charge in [-0.1, -0.05) is 19.1 Å². The summed E-state index contributed by atoms with van der Waals surface area (Å²) in [6, 6.07) is 13.2. The van der Waals surface area contributed by atoms with E-state index in [1.165, 1.54) is 5.56 Å². The molecule has 3 heteroatoms. The molecular formula is C18H21NO2. The average Bonchev–Trinajstić information content (AvgIpc) is 2.49. The van der Waals surface area contributed by atoms with E-state index in [-0.39, 0.29) is 5.91 Å². The number of hydrogen-bond acceptors (Lipinski definition) is 2. The molecule has 0 heterocycles. The Morgan fingerprint density at radius 2 is 1.90 bits per heavy atom. The fraction of sp³-hybridized carbons (Fsp3) is 0.278. The van der Waals surface area contributed by atoms with Gasteiger partial charge in [-0.05, 0) is 61.7 Å². The van der Waals surface area contributed by atoms with Gasteiger partial charge in [0.1, 0.15) is 5.75 Å². The Bertz CT molecular complexity index is 635. The highest BCUT2D eigenvalue weighted by molar-refractivity contribution is 6.04. The van der Waals surface area contributed by atoms with Crippen LogP contribution in [0.1, 0.15) is 34.8 Å². The molecule has 0 saturated carbocycles. The molecule has 0 fully saturated rings. The highest BCUT2D eigenvalue weighted by Gasteiger charge is 2.07. The van der Waals surface area contributed by atoms with Gasteiger partial charge in [-0.2, -0.15) is 0 Å². The Labute approximate surface area is 126 Å². The lowest BCUT2D eigenvalue weighted by atomic mass is 10.1. The summed E-state index contributed by atoms with van der Waals surface area (Å²) in [6.07, 6.45) is 0.944. The van der Waals surface area contributed by atoms with Gasteiger partial charge in [-0.15, -0.1) is 0 Å². The van der Waals surface area contributed by atoms with E-state index in [0.29, 0.717) is 12.2 Å². The van der Waals surface area contributed by atoms with Crippen LogP contribution in [0.25, 0.3) is 0 Å². The smallest absolute Gasteiger partial charge is 0.255 e. The monoisotopic (exact) mass is 283 g/mol. The molecule has 0 radical (unpaired) electrons. The summed E-state index contributed by atoms with van der Waals surface area (Å²) in [4.78, 5) is 12.3. The molecule has 2 rings (SSSR count). The van der Waals surface area contributed by atoms with Crippen molar-refractivity contribution in [3.05, 3.63) is 59.2 Å². The number of aryl methyl sites for hydroxylation is 2. The van der Waals surface area contributed by atoms with E-state index in [2.05, 4.69) is 19.2 Å². The van der Waals surface area contributed by atoms with Crippen LogP contribution in [0.4, 0.5) is 5.69 Å². The van der Waals surface area contributed by atoms with Crippen LogP contribution in [0, 0.1) is 13.8 Å². The van der Waals surface area contributed by atoms with Crippen molar-refractivity contribution in [2.75, 3.05) is 11.9 Å². The molecule has 2 aromatic carbocycles. The SMILES string of the molecule is CCCOc1cccc(C(=O)Nc2ccc(C)c(C)c2)c1.